The fraction of sp³-hybridized carbons (Fsp3) is 0.500. The Balaban J connectivity index is 1.41. The lowest BCUT2D eigenvalue weighted by Crippen LogP contribution is -2.71. The number of fused-ring (bicyclic) bond motifs is 1. The lowest BCUT2D eigenvalue weighted by molar-refractivity contribution is -0.137. The Morgan fingerprint density at radius 3 is 2.68 bits per heavy atom. The zero-order valence-corrected chi connectivity index (χ0v) is 17.1. The Labute approximate surface area is 177 Å². The van der Waals surface area contributed by atoms with Crippen molar-refractivity contribution in [3.05, 3.63) is 41.6 Å². The Hall–Kier alpha value is -2.63. The summed E-state index contributed by atoms with van der Waals surface area (Å²) >= 11 is 0. The number of hydrogen-bond acceptors (Lipinski definition) is 7. The second kappa shape index (κ2) is 7.21. The van der Waals surface area contributed by atoms with E-state index in [0.29, 0.717) is 17.3 Å². The number of halogens is 3. The SMILES string of the molecule is CC1(N2CCOCC2)CN(C2=NC(N)Nc3c2cnn3-c2cccc(C(F)(F)F)c2)C1. The van der Waals surface area contributed by atoms with E-state index in [4.69, 9.17) is 10.5 Å². The molecule has 3 aliphatic heterocycles. The summed E-state index contributed by atoms with van der Waals surface area (Å²) in [4.78, 5) is 9.13. The molecule has 4 heterocycles. The second-order valence-electron chi connectivity index (χ2n) is 8.36. The molecule has 1 atom stereocenters. The third-order valence-corrected chi connectivity index (χ3v) is 6.11. The van der Waals surface area contributed by atoms with Crippen molar-refractivity contribution >= 4 is 11.7 Å². The normalized spacial score (nSPS) is 23.6. The van der Waals surface area contributed by atoms with Gasteiger partial charge in [-0.1, -0.05) is 6.07 Å². The summed E-state index contributed by atoms with van der Waals surface area (Å²) in [5.74, 6) is 1.25. The minimum atomic E-state index is -4.43. The van der Waals surface area contributed by atoms with Crippen molar-refractivity contribution in [2.45, 2.75) is 24.9 Å². The van der Waals surface area contributed by atoms with E-state index in [1.54, 1.807) is 12.3 Å². The van der Waals surface area contributed by atoms with Crippen LogP contribution in [0.15, 0.2) is 35.5 Å². The topological polar surface area (TPSA) is 83.9 Å². The first-order valence-electron chi connectivity index (χ1n) is 10.2. The van der Waals surface area contributed by atoms with Crippen LogP contribution in [0.1, 0.15) is 18.1 Å². The first-order chi connectivity index (χ1) is 14.7. The number of aromatic nitrogens is 2. The highest BCUT2D eigenvalue weighted by atomic mass is 19.4. The fourth-order valence-electron chi connectivity index (χ4n) is 4.52. The number of alkyl halides is 3. The molecular formula is C20H24F3N7O. The van der Waals surface area contributed by atoms with Gasteiger partial charge in [-0.25, -0.2) is 9.67 Å². The van der Waals surface area contributed by atoms with Gasteiger partial charge in [0.25, 0.3) is 0 Å². The zero-order chi connectivity index (χ0) is 21.8. The number of rotatable bonds is 2. The van der Waals surface area contributed by atoms with Crippen molar-refractivity contribution in [1.82, 2.24) is 19.6 Å². The third kappa shape index (κ3) is 3.56. The number of morpholine rings is 1. The van der Waals surface area contributed by atoms with Crippen molar-refractivity contribution in [2.75, 3.05) is 44.7 Å². The molecular weight excluding hydrogens is 411 g/mol. The average Bonchev–Trinajstić information content (AvgIpc) is 3.15. The summed E-state index contributed by atoms with van der Waals surface area (Å²) in [6.45, 7) is 7.06. The van der Waals surface area contributed by atoms with E-state index in [1.807, 2.05) is 0 Å². The Morgan fingerprint density at radius 2 is 1.97 bits per heavy atom. The largest absolute Gasteiger partial charge is 0.416 e. The lowest BCUT2D eigenvalue weighted by atomic mass is 9.88. The number of benzene rings is 1. The number of likely N-dealkylation sites (tertiary alicyclic amines) is 1. The van der Waals surface area contributed by atoms with Crippen molar-refractivity contribution in [3.8, 4) is 5.69 Å². The molecule has 11 heteroatoms. The number of aliphatic imine (C=N–C) groups is 1. The van der Waals surface area contributed by atoms with Crippen LogP contribution in [0, 0.1) is 0 Å². The summed E-state index contributed by atoms with van der Waals surface area (Å²) < 4.78 is 46.4. The highest BCUT2D eigenvalue weighted by Gasteiger charge is 2.46. The van der Waals surface area contributed by atoms with Gasteiger partial charge < -0.3 is 15.0 Å². The van der Waals surface area contributed by atoms with Gasteiger partial charge in [0.05, 0.1) is 41.8 Å². The first-order valence-corrected chi connectivity index (χ1v) is 10.2. The van der Waals surface area contributed by atoms with Crippen molar-refractivity contribution in [3.63, 3.8) is 0 Å². The molecule has 1 unspecified atom stereocenters. The summed E-state index contributed by atoms with van der Waals surface area (Å²) in [6.07, 6.45) is -3.52. The van der Waals surface area contributed by atoms with Crippen LogP contribution in [0.25, 0.3) is 5.69 Å². The molecule has 5 rings (SSSR count). The number of ether oxygens (including phenoxy) is 1. The molecule has 1 aromatic carbocycles. The Bertz CT molecular complexity index is 1010. The second-order valence-corrected chi connectivity index (χ2v) is 8.36. The lowest BCUT2D eigenvalue weighted by Gasteiger charge is -2.56. The van der Waals surface area contributed by atoms with E-state index in [0.717, 1.165) is 57.1 Å². The van der Waals surface area contributed by atoms with Crippen molar-refractivity contribution in [2.24, 2.45) is 10.7 Å². The summed E-state index contributed by atoms with van der Waals surface area (Å²) in [7, 11) is 0. The van der Waals surface area contributed by atoms with Crippen molar-refractivity contribution < 1.29 is 17.9 Å². The highest BCUT2D eigenvalue weighted by Crippen LogP contribution is 2.35. The number of nitrogens with zero attached hydrogens (tertiary/aromatic N) is 5. The maximum Gasteiger partial charge on any atom is 0.416 e. The molecule has 0 radical (unpaired) electrons. The van der Waals surface area contributed by atoms with Crippen LogP contribution < -0.4 is 11.1 Å². The van der Waals surface area contributed by atoms with E-state index >= 15 is 0 Å². The summed E-state index contributed by atoms with van der Waals surface area (Å²) in [5.41, 5.74) is 6.43. The smallest absolute Gasteiger partial charge is 0.379 e. The highest BCUT2D eigenvalue weighted by molar-refractivity contribution is 6.04. The number of nitrogens with two attached hydrogens (primary N) is 1. The molecule has 31 heavy (non-hydrogen) atoms. The van der Waals surface area contributed by atoms with Crippen LogP contribution in [0.4, 0.5) is 19.0 Å². The van der Waals surface area contributed by atoms with Gasteiger partial charge in [0, 0.05) is 26.2 Å². The predicted octanol–water partition coefficient (Wildman–Crippen LogP) is 1.71. The molecule has 0 spiro atoms. The summed E-state index contributed by atoms with van der Waals surface area (Å²) in [6, 6.07) is 5.07. The van der Waals surface area contributed by atoms with Crippen LogP contribution in [0.2, 0.25) is 0 Å². The number of nitrogens with one attached hydrogen (secondary N) is 1. The van der Waals surface area contributed by atoms with Gasteiger partial charge in [0.1, 0.15) is 11.7 Å². The Morgan fingerprint density at radius 1 is 1.23 bits per heavy atom. The minimum absolute atomic E-state index is 0.0263. The first kappa shape index (κ1) is 20.3. The molecule has 3 aliphatic rings. The van der Waals surface area contributed by atoms with Gasteiger partial charge in [0.2, 0.25) is 0 Å². The van der Waals surface area contributed by atoms with Gasteiger partial charge in [-0.3, -0.25) is 10.6 Å². The minimum Gasteiger partial charge on any atom is -0.379 e. The molecule has 2 fully saturated rings. The Kier molecular flexibility index (Phi) is 4.72. The molecule has 0 bridgehead atoms. The monoisotopic (exact) mass is 435 g/mol. The van der Waals surface area contributed by atoms with Crippen LogP contribution in [0.5, 0.6) is 0 Å². The summed E-state index contributed by atoms with van der Waals surface area (Å²) in [5, 5.41) is 7.38. The molecule has 8 nitrogen and oxygen atoms in total. The van der Waals surface area contributed by atoms with E-state index in [1.165, 1.54) is 10.7 Å². The standard InChI is InChI=1S/C20H24F3N7O/c1-19(29-5-7-31-8-6-29)11-28(12-19)16-15-10-25-30(17(15)27-18(24)26-16)14-4-2-3-13(9-14)20(21,22)23/h2-4,9-10,18,27H,5-8,11-12,24H2,1H3. The molecule has 0 aliphatic carbocycles. The average molecular weight is 435 g/mol. The molecule has 2 aromatic rings. The van der Waals surface area contributed by atoms with Crippen LogP contribution >= 0.6 is 0 Å². The number of amidine groups is 1. The van der Waals surface area contributed by atoms with E-state index < -0.39 is 18.0 Å². The van der Waals surface area contributed by atoms with Gasteiger partial charge >= 0.3 is 6.18 Å². The zero-order valence-electron chi connectivity index (χ0n) is 17.1. The molecule has 1 aromatic heterocycles. The maximum absolute atomic E-state index is 13.2. The van der Waals surface area contributed by atoms with Crippen molar-refractivity contribution in [1.29, 1.82) is 0 Å². The quantitative estimate of drug-likeness (QED) is 0.748. The van der Waals surface area contributed by atoms with Gasteiger partial charge in [-0.15, -0.1) is 0 Å². The maximum atomic E-state index is 13.2. The third-order valence-electron chi connectivity index (χ3n) is 6.11. The van der Waals surface area contributed by atoms with Crippen LogP contribution in [-0.4, -0.2) is 76.6 Å². The molecule has 0 amide bonds. The van der Waals surface area contributed by atoms with Crippen LogP contribution in [-0.2, 0) is 10.9 Å². The fourth-order valence-corrected chi connectivity index (χ4v) is 4.52. The predicted molar refractivity (Wildman–Crippen MR) is 109 cm³/mol. The van der Waals surface area contributed by atoms with Gasteiger partial charge in [-0.05, 0) is 25.1 Å². The number of anilines is 1. The van der Waals surface area contributed by atoms with E-state index in [-0.39, 0.29) is 5.54 Å². The van der Waals surface area contributed by atoms with E-state index in [9.17, 15) is 13.2 Å². The molecule has 166 valence electrons. The molecule has 0 saturated carbocycles. The van der Waals surface area contributed by atoms with Gasteiger partial charge in [0.15, 0.2) is 6.29 Å². The number of hydrogen-bond donors (Lipinski definition) is 2. The molecule has 2 saturated heterocycles. The van der Waals surface area contributed by atoms with Crippen LogP contribution in [0.3, 0.4) is 0 Å². The molecule has 3 N–H and O–H groups in total. The van der Waals surface area contributed by atoms with E-state index in [2.05, 4.69) is 32.1 Å². The van der Waals surface area contributed by atoms with Gasteiger partial charge in [-0.2, -0.15) is 18.3 Å².